The number of ether oxygens (including phenoxy) is 1. The summed E-state index contributed by atoms with van der Waals surface area (Å²) in [6, 6.07) is 15.2. The first-order valence-electron chi connectivity index (χ1n) is 12.9. The second kappa shape index (κ2) is 12.0. The van der Waals surface area contributed by atoms with Crippen LogP contribution in [-0.2, 0) is 6.18 Å². The number of alkyl halides is 3. The number of nitrogens with zero attached hydrogens (tertiary/aromatic N) is 4. The van der Waals surface area contributed by atoms with Gasteiger partial charge in [-0.25, -0.2) is 18.9 Å². The first-order valence-corrected chi connectivity index (χ1v) is 15.3. The summed E-state index contributed by atoms with van der Waals surface area (Å²) in [5.41, 5.74) is -0.0242. The lowest BCUT2D eigenvalue weighted by atomic mass is 10.2. The summed E-state index contributed by atoms with van der Waals surface area (Å²) in [5.74, 6) is 0.263. The van der Waals surface area contributed by atoms with E-state index in [9.17, 15) is 18.0 Å². The molecule has 0 N–H and O–H groups in total. The van der Waals surface area contributed by atoms with Gasteiger partial charge in [0.25, 0.3) is 0 Å². The van der Waals surface area contributed by atoms with E-state index in [1.54, 1.807) is 12.1 Å². The molecule has 4 rings (SSSR count). The van der Waals surface area contributed by atoms with Gasteiger partial charge in [0.2, 0.25) is 0 Å². The molecule has 3 aromatic carbocycles. The van der Waals surface area contributed by atoms with Gasteiger partial charge >= 0.3 is 12.3 Å². The Bertz CT molecular complexity index is 1460. The van der Waals surface area contributed by atoms with Crippen molar-refractivity contribution in [1.82, 2.24) is 4.67 Å². The fraction of sp³-hybridized carbons (Fsp3) is 0.321. The van der Waals surface area contributed by atoms with E-state index in [1.807, 2.05) is 44.5 Å². The van der Waals surface area contributed by atoms with Gasteiger partial charge in [-0.1, -0.05) is 49.2 Å². The van der Waals surface area contributed by atoms with Crippen LogP contribution >= 0.6 is 30.6 Å². The number of rotatable bonds is 8. The highest BCUT2D eigenvalue weighted by Crippen LogP contribution is 2.63. The molecule has 1 heterocycles. The average molecular weight is 613 g/mol. The van der Waals surface area contributed by atoms with Crippen molar-refractivity contribution in [2.75, 3.05) is 35.7 Å². The van der Waals surface area contributed by atoms with Crippen LogP contribution in [0.5, 0.6) is 5.75 Å². The van der Waals surface area contributed by atoms with Gasteiger partial charge in [-0.15, -0.1) is 0 Å². The standard InChI is InChI=1S/C28H30Cl2F3N4O2P/c1-5-35(6-2)19-14-16-26-25(18-19)39-27(38)37(20-13-15-22(29)23(30)17-20)40(26,36(7-3)8-4)34-24-12-10-9-11-21(24)28(31,32)33/h9-18H,5-8H2,1-4H3/t40-/m0/s1. The molecule has 40 heavy (non-hydrogen) atoms. The minimum atomic E-state index is -4.66. The highest BCUT2D eigenvalue weighted by molar-refractivity contribution is 7.74. The maximum atomic E-state index is 14.2. The predicted octanol–water partition coefficient (Wildman–Crippen LogP) is 9.21. The molecule has 0 spiro atoms. The lowest BCUT2D eigenvalue weighted by Gasteiger charge is -2.46. The highest BCUT2D eigenvalue weighted by Gasteiger charge is 2.47. The molecule has 0 unspecified atom stereocenters. The van der Waals surface area contributed by atoms with E-state index in [0.717, 1.165) is 24.8 Å². The highest BCUT2D eigenvalue weighted by atomic mass is 35.5. The number of hydrogen-bond donors (Lipinski definition) is 0. The summed E-state index contributed by atoms with van der Waals surface area (Å²) in [4.78, 5) is 16.0. The topological polar surface area (TPSA) is 48.4 Å². The smallest absolute Gasteiger partial charge is 0.409 e. The largest absolute Gasteiger partial charge is 0.425 e. The van der Waals surface area contributed by atoms with E-state index in [2.05, 4.69) is 4.90 Å². The predicted molar refractivity (Wildman–Crippen MR) is 158 cm³/mol. The van der Waals surface area contributed by atoms with Crippen LogP contribution in [0.4, 0.5) is 35.0 Å². The number of benzene rings is 3. The van der Waals surface area contributed by atoms with Crippen LogP contribution in [0.2, 0.25) is 10.0 Å². The third-order valence-electron chi connectivity index (χ3n) is 6.77. The van der Waals surface area contributed by atoms with Gasteiger partial charge in [-0.2, -0.15) is 13.2 Å². The monoisotopic (exact) mass is 612 g/mol. The molecular weight excluding hydrogens is 583 g/mol. The van der Waals surface area contributed by atoms with E-state index in [0.29, 0.717) is 24.1 Å². The molecule has 0 aromatic heterocycles. The Morgan fingerprint density at radius 2 is 1.57 bits per heavy atom. The fourth-order valence-electron chi connectivity index (χ4n) is 4.87. The molecule has 1 aliphatic heterocycles. The summed E-state index contributed by atoms with van der Waals surface area (Å²) in [6.07, 6.45) is -5.43. The van der Waals surface area contributed by atoms with Crippen LogP contribution in [0.1, 0.15) is 33.3 Å². The Kier molecular flexibility index (Phi) is 9.10. The Balaban J connectivity index is 2.17. The normalized spacial score (nSPS) is 17.1. The summed E-state index contributed by atoms with van der Waals surface area (Å²) >= 11 is 12.5. The van der Waals surface area contributed by atoms with Crippen molar-refractivity contribution in [3.05, 3.63) is 76.3 Å². The van der Waals surface area contributed by atoms with Gasteiger partial charge in [0, 0.05) is 37.9 Å². The molecule has 0 saturated carbocycles. The molecule has 214 valence electrons. The molecule has 1 atom stereocenters. The number of amides is 1. The van der Waals surface area contributed by atoms with E-state index in [1.165, 1.54) is 35.0 Å². The number of hydrogen-bond acceptors (Lipinski definition) is 4. The van der Waals surface area contributed by atoms with Crippen LogP contribution in [0, 0.1) is 0 Å². The first kappa shape index (κ1) is 30.3. The van der Waals surface area contributed by atoms with Gasteiger partial charge in [0.1, 0.15) is 5.75 Å². The fourth-order valence-corrected chi connectivity index (χ4v) is 8.92. The molecule has 6 nitrogen and oxygen atoms in total. The lowest BCUT2D eigenvalue weighted by Crippen LogP contribution is -2.46. The van der Waals surface area contributed by atoms with Crippen molar-refractivity contribution >= 4 is 59.0 Å². The zero-order valence-electron chi connectivity index (χ0n) is 22.5. The number of carbonyl (C=O) groups excluding carboxylic acids is 1. The third kappa shape index (κ3) is 5.45. The lowest BCUT2D eigenvalue weighted by molar-refractivity contribution is -0.137. The van der Waals surface area contributed by atoms with E-state index in [-0.39, 0.29) is 21.5 Å². The summed E-state index contributed by atoms with van der Waals surface area (Å²) in [7, 11) is -3.50. The number of halogens is 5. The minimum Gasteiger partial charge on any atom is -0.409 e. The van der Waals surface area contributed by atoms with Crippen LogP contribution in [0.25, 0.3) is 0 Å². The summed E-state index contributed by atoms with van der Waals surface area (Å²) in [6.45, 7) is 10.0. The summed E-state index contributed by atoms with van der Waals surface area (Å²) in [5, 5.41) is 0.976. The Morgan fingerprint density at radius 1 is 0.900 bits per heavy atom. The second-order valence-corrected chi connectivity index (χ2v) is 12.5. The molecule has 3 aromatic rings. The van der Waals surface area contributed by atoms with Gasteiger partial charge in [0.15, 0.2) is 7.36 Å². The minimum absolute atomic E-state index is 0.183. The van der Waals surface area contributed by atoms with Crippen LogP contribution in [-0.4, -0.2) is 36.9 Å². The Morgan fingerprint density at radius 3 is 2.17 bits per heavy atom. The van der Waals surface area contributed by atoms with E-state index >= 15 is 0 Å². The maximum Gasteiger partial charge on any atom is 0.425 e. The van der Waals surface area contributed by atoms with Crippen LogP contribution in [0.15, 0.2) is 65.4 Å². The molecule has 0 bridgehead atoms. The van der Waals surface area contributed by atoms with Crippen LogP contribution < -0.4 is 19.6 Å². The first-order chi connectivity index (χ1) is 19.0. The van der Waals surface area contributed by atoms with Gasteiger partial charge < -0.3 is 9.64 Å². The van der Waals surface area contributed by atoms with Gasteiger partial charge in [-0.3, -0.25) is 0 Å². The summed E-state index contributed by atoms with van der Waals surface area (Å²) < 4.78 is 56.7. The van der Waals surface area contributed by atoms with Crippen molar-refractivity contribution in [1.29, 1.82) is 0 Å². The Hall–Kier alpha value is -2.71. The molecule has 0 aliphatic carbocycles. The quantitative estimate of drug-likeness (QED) is 0.238. The SMILES string of the molecule is CCN(CC)c1ccc2c(c1)OC(=O)N(c1ccc(Cl)c(Cl)c1)[P@@]2(=Nc1ccccc1C(F)(F)F)N(CC)CC. The Labute approximate surface area is 242 Å². The molecule has 0 saturated heterocycles. The van der Waals surface area contributed by atoms with Gasteiger partial charge in [0.05, 0.1) is 32.3 Å². The van der Waals surface area contributed by atoms with Crippen LogP contribution in [0.3, 0.4) is 0 Å². The van der Waals surface area contributed by atoms with Crippen molar-refractivity contribution < 1.29 is 22.7 Å². The molecule has 0 fully saturated rings. The molecular formula is C28H30Cl2F3N4O2P. The number of carbonyl (C=O) groups is 1. The molecule has 1 amide bonds. The van der Waals surface area contributed by atoms with Crippen molar-refractivity contribution in [3.63, 3.8) is 0 Å². The average Bonchev–Trinajstić information content (AvgIpc) is 2.91. The van der Waals surface area contributed by atoms with Crippen molar-refractivity contribution in [2.45, 2.75) is 33.9 Å². The zero-order valence-corrected chi connectivity index (χ0v) is 25.0. The molecule has 0 radical (unpaired) electrons. The molecule has 12 heteroatoms. The number of anilines is 2. The van der Waals surface area contributed by atoms with E-state index < -0.39 is 25.2 Å². The van der Waals surface area contributed by atoms with Crippen molar-refractivity contribution in [2.24, 2.45) is 4.74 Å². The molecule has 1 aliphatic rings. The van der Waals surface area contributed by atoms with Crippen molar-refractivity contribution in [3.8, 4) is 5.75 Å². The van der Waals surface area contributed by atoms with E-state index in [4.69, 9.17) is 32.7 Å². The third-order valence-corrected chi connectivity index (χ3v) is 11.3. The number of fused-ring (bicyclic) bond motifs is 1. The maximum absolute atomic E-state index is 14.2. The van der Waals surface area contributed by atoms with Gasteiger partial charge in [-0.05, 0) is 56.3 Å². The second-order valence-electron chi connectivity index (χ2n) is 8.92. The zero-order chi connectivity index (χ0) is 29.2.